The van der Waals surface area contributed by atoms with Gasteiger partial charge in [0.05, 0.1) is 0 Å². The van der Waals surface area contributed by atoms with Crippen molar-refractivity contribution in [2.75, 3.05) is 5.32 Å². The number of hydrogen-bond donors (Lipinski definition) is 1. The van der Waals surface area contributed by atoms with Gasteiger partial charge in [-0.3, -0.25) is 10.1 Å². The Labute approximate surface area is 150 Å². The number of benzene rings is 1. The van der Waals surface area contributed by atoms with Gasteiger partial charge in [0.2, 0.25) is 5.13 Å². The third-order valence-corrected chi connectivity index (χ3v) is 4.67. The molecule has 6 nitrogen and oxygen atoms in total. The van der Waals surface area contributed by atoms with Gasteiger partial charge in [-0.05, 0) is 37.0 Å². The summed E-state index contributed by atoms with van der Waals surface area (Å²) in [5.41, 5.74) is 3.47. The Balaban J connectivity index is 1.72. The van der Waals surface area contributed by atoms with E-state index in [-0.39, 0.29) is 11.6 Å². The van der Waals surface area contributed by atoms with Crippen LogP contribution in [-0.2, 0) is 6.42 Å². The molecule has 0 unspecified atom stereocenters. The molecule has 0 fully saturated rings. The van der Waals surface area contributed by atoms with Crippen molar-refractivity contribution in [1.29, 1.82) is 0 Å². The molecule has 3 aromatic rings. The minimum Gasteiger partial charge on any atom is -0.355 e. The van der Waals surface area contributed by atoms with Gasteiger partial charge < -0.3 is 4.52 Å². The van der Waals surface area contributed by atoms with Crippen LogP contribution in [-0.4, -0.2) is 21.3 Å². The van der Waals surface area contributed by atoms with E-state index in [1.165, 1.54) is 16.9 Å². The molecular formula is C18H20N4O2S. The van der Waals surface area contributed by atoms with E-state index in [2.05, 4.69) is 34.5 Å². The lowest BCUT2D eigenvalue weighted by molar-refractivity contribution is 0.101. The monoisotopic (exact) mass is 356 g/mol. The summed E-state index contributed by atoms with van der Waals surface area (Å²) in [5.74, 6) is 0.699. The lowest BCUT2D eigenvalue weighted by Crippen LogP contribution is -2.11. The van der Waals surface area contributed by atoms with Crippen LogP contribution in [0.2, 0.25) is 0 Å². The van der Waals surface area contributed by atoms with Gasteiger partial charge in [0, 0.05) is 18.1 Å². The molecule has 0 bridgehead atoms. The molecule has 3 rings (SSSR count). The van der Waals surface area contributed by atoms with Crippen molar-refractivity contribution in [2.24, 2.45) is 5.92 Å². The minimum atomic E-state index is -0.355. The Morgan fingerprint density at radius 2 is 2.00 bits per heavy atom. The largest absolute Gasteiger partial charge is 0.355 e. The van der Waals surface area contributed by atoms with Crippen LogP contribution in [0.3, 0.4) is 0 Å². The molecule has 0 aliphatic carbocycles. The number of amides is 1. The van der Waals surface area contributed by atoms with Crippen molar-refractivity contribution < 1.29 is 9.32 Å². The molecule has 0 aliphatic rings. The molecule has 1 amide bonds. The van der Waals surface area contributed by atoms with Gasteiger partial charge in [0.15, 0.2) is 11.5 Å². The first-order valence-corrected chi connectivity index (χ1v) is 8.92. The fraction of sp³-hybridized carbons (Fsp3) is 0.333. The fourth-order valence-electron chi connectivity index (χ4n) is 2.31. The molecule has 0 saturated carbocycles. The minimum absolute atomic E-state index is 0.217. The quantitative estimate of drug-likeness (QED) is 0.739. The first-order valence-electron chi connectivity index (χ1n) is 8.10. The molecule has 2 aromatic heterocycles. The molecule has 0 spiro atoms. The number of nitrogens with zero attached hydrogens (tertiary/aromatic N) is 3. The van der Waals surface area contributed by atoms with E-state index in [9.17, 15) is 4.79 Å². The van der Waals surface area contributed by atoms with Gasteiger partial charge in [-0.25, -0.2) is 0 Å². The Morgan fingerprint density at radius 1 is 1.20 bits per heavy atom. The maximum Gasteiger partial charge on any atom is 0.279 e. The Hall–Kier alpha value is -2.54. The van der Waals surface area contributed by atoms with Crippen LogP contribution in [0.4, 0.5) is 5.13 Å². The second kappa shape index (κ2) is 7.14. The van der Waals surface area contributed by atoms with Gasteiger partial charge in [-0.15, -0.1) is 10.2 Å². The van der Waals surface area contributed by atoms with Crippen molar-refractivity contribution in [3.8, 4) is 11.3 Å². The van der Waals surface area contributed by atoms with E-state index in [4.69, 9.17) is 4.52 Å². The van der Waals surface area contributed by atoms with Crippen molar-refractivity contribution in [3.63, 3.8) is 0 Å². The molecular weight excluding hydrogens is 336 g/mol. The summed E-state index contributed by atoms with van der Waals surface area (Å²) in [6.07, 6.45) is 0.842. The molecule has 0 saturated heterocycles. The van der Waals surface area contributed by atoms with Gasteiger partial charge in [0.1, 0.15) is 5.01 Å². The number of carbonyl (C=O) groups is 1. The maximum atomic E-state index is 12.3. The van der Waals surface area contributed by atoms with E-state index in [1.807, 2.05) is 32.0 Å². The Bertz CT molecular complexity index is 898. The molecule has 0 aliphatic heterocycles. The predicted molar refractivity (Wildman–Crippen MR) is 97.8 cm³/mol. The topological polar surface area (TPSA) is 80.9 Å². The number of anilines is 1. The normalized spacial score (nSPS) is 11.1. The van der Waals surface area contributed by atoms with Crippen molar-refractivity contribution in [2.45, 2.75) is 34.1 Å². The lowest BCUT2D eigenvalue weighted by atomic mass is 10.0. The van der Waals surface area contributed by atoms with Crippen LogP contribution in [0.1, 0.15) is 40.5 Å². The molecule has 7 heteroatoms. The van der Waals surface area contributed by atoms with E-state index in [1.54, 1.807) is 6.07 Å². The Morgan fingerprint density at radius 3 is 2.72 bits per heavy atom. The summed E-state index contributed by atoms with van der Waals surface area (Å²) in [7, 11) is 0. The molecule has 1 aromatic carbocycles. The van der Waals surface area contributed by atoms with E-state index < -0.39 is 0 Å². The first-order chi connectivity index (χ1) is 11.9. The van der Waals surface area contributed by atoms with Crippen molar-refractivity contribution >= 4 is 22.4 Å². The van der Waals surface area contributed by atoms with Crippen LogP contribution in [0, 0.1) is 19.8 Å². The van der Waals surface area contributed by atoms with Crippen LogP contribution in [0.25, 0.3) is 11.3 Å². The highest BCUT2D eigenvalue weighted by Gasteiger charge is 2.16. The zero-order chi connectivity index (χ0) is 18.0. The number of hydrogen-bond acceptors (Lipinski definition) is 6. The highest BCUT2D eigenvalue weighted by molar-refractivity contribution is 7.15. The molecule has 0 atom stereocenters. The predicted octanol–water partition coefficient (Wildman–Crippen LogP) is 4.26. The Kier molecular flexibility index (Phi) is 4.94. The lowest BCUT2D eigenvalue weighted by Gasteiger charge is -2.01. The summed E-state index contributed by atoms with van der Waals surface area (Å²) < 4.78 is 5.32. The van der Waals surface area contributed by atoms with Crippen LogP contribution in [0.5, 0.6) is 0 Å². The molecule has 0 radical (unpaired) electrons. The summed E-state index contributed by atoms with van der Waals surface area (Å²) in [6, 6.07) is 7.62. The van der Waals surface area contributed by atoms with Gasteiger partial charge in [0.25, 0.3) is 5.91 Å². The average molecular weight is 356 g/mol. The average Bonchev–Trinajstić information content (AvgIpc) is 3.19. The zero-order valence-corrected chi connectivity index (χ0v) is 15.5. The van der Waals surface area contributed by atoms with Crippen LogP contribution < -0.4 is 5.32 Å². The molecule has 2 heterocycles. The molecule has 130 valence electrons. The highest BCUT2D eigenvalue weighted by Crippen LogP contribution is 2.24. The fourth-order valence-corrected chi connectivity index (χ4v) is 3.26. The van der Waals surface area contributed by atoms with Gasteiger partial charge in [-0.2, -0.15) is 0 Å². The first kappa shape index (κ1) is 17.3. The maximum absolute atomic E-state index is 12.3. The van der Waals surface area contributed by atoms with Crippen molar-refractivity contribution in [1.82, 2.24) is 15.4 Å². The highest BCUT2D eigenvalue weighted by atomic mass is 32.1. The standard InChI is InChI=1S/C18H20N4O2S/c1-10(2)7-16-20-21-18(25-16)19-17(23)14-9-15(24-22-14)13-6-5-11(3)12(4)8-13/h5-6,8-10H,7H2,1-4H3,(H,19,21,23). The number of nitrogens with one attached hydrogen (secondary N) is 1. The van der Waals surface area contributed by atoms with Crippen molar-refractivity contribution in [3.05, 3.63) is 46.1 Å². The summed E-state index contributed by atoms with van der Waals surface area (Å²) >= 11 is 1.38. The van der Waals surface area contributed by atoms with Gasteiger partial charge >= 0.3 is 0 Å². The van der Waals surface area contributed by atoms with E-state index >= 15 is 0 Å². The molecule has 1 N–H and O–H groups in total. The number of aryl methyl sites for hydroxylation is 2. The summed E-state index contributed by atoms with van der Waals surface area (Å²) in [6.45, 7) is 8.31. The SMILES string of the molecule is Cc1ccc(-c2cc(C(=O)Nc3nnc(CC(C)C)s3)no2)cc1C. The number of aromatic nitrogens is 3. The third kappa shape index (κ3) is 4.11. The van der Waals surface area contributed by atoms with Crippen LogP contribution >= 0.6 is 11.3 Å². The second-order valence-corrected chi connectivity index (χ2v) is 7.49. The third-order valence-electron chi connectivity index (χ3n) is 3.80. The number of rotatable bonds is 5. The summed E-state index contributed by atoms with van der Waals surface area (Å²) in [4.78, 5) is 12.3. The summed E-state index contributed by atoms with van der Waals surface area (Å²) in [5, 5.41) is 16.0. The van der Waals surface area contributed by atoms with Crippen LogP contribution in [0.15, 0.2) is 28.8 Å². The van der Waals surface area contributed by atoms with E-state index in [0.29, 0.717) is 16.8 Å². The van der Waals surface area contributed by atoms with Gasteiger partial charge in [-0.1, -0.05) is 42.5 Å². The molecule has 25 heavy (non-hydrogen) atoms. The zero-order valence-electron chi connectivity index (χ0n) is 14.7. The number of carbonyl (C=O) groups excluding carboxylic acids is 1. The smallest absolute Gasteiger partial charge is 0.279 e. The second-order valence-electron chi connectivity index (χ2n) is 6.43. The van der Waals surface area contributed by atoms with E-state index in [0.717, 1.165) is 22.6 Å².